The highest BCUT2D eigenvalue weighted by atomic mass is 35.5. The van der Waals surface area contributed by atoms with Crippen molar-refractivity contribution >= 4 is 28.9 Å². The van der Waals surface area contributed by atoms with Crippen LogP contribution in [-0.4, -0.2) is 5.91 Å². The number of benzene rings is 2. The van der Waals surface area contributed by atoms with E-state index >= 15 is 0 Å². The van der Waals surface area contributed by atoms with Crippen LogP contribution in [-0.2, 0) is 17.6 Å². The number of amides is 1. The van der Waals surface area contributed by atoms with Crippen LogP contribution in [0.1, 0.15) is 36.1 Å². The van der Waals surface area contributed by atoms with E-state index in [4.69, 9.17) is 11.6 Å². The van der Waals surface area contributed by atoms with Gasteiger partial charge in [-0.25, -0.2) is 0 Å². The van der Waals surface area contributed by atoms with Crippen molar-refractivity contribution in [2.45, 2.75) is 40.5 Å². The van der Waals surface area contributed by atoms with Crippen molar-refractivity contribution in [1.29, 1.82) is 5.26 Å². The maximum absolute atomic E-state index is 12.7. The summed E-state index contributed by atoms with van der Waals surface area (Å²) in [6.45, 7) is 7.96. The van der Waals surface area contributed by atoms with Gasteiger partial charge in [0.15, 0.2) is 0 Å². The summed E-state index contributed by atoms with van der Waals surface area (Å²) in [7, 11) is 0. The molecule has 2 N–H and O–H groups in total. The number of carbonyl (C=O) groups is 1. The van der Waals surface area contributed by atoms with Crippen molar-refractivity contribution in [3.05, 3.63) is 69.4 Å². The smallest absolute Gasteiger partial charge is 0.267 e. The third kappa shape index (κ3) is 4.90. The summed E-state index contributed by atoms with van der Waals surface area (Å²) in [6.07, 6.45) is 3.00. The summed E-state index contributed by atoms with van der Waals surface area (Å²) in [4.78, 5) is 12.7. The maximum atomic E-state index is 12.7. The number of nitrogens with zero attached hydrogens (tertiary/aromatic N) is 1. The predicted octanol–water partition coefficient (Wildman–Crippen LogP) is 5.54. The molecule has 0 aromatic heterocycles. The summed E-state index contributed by atoms with van der Waals surface area (Å²) in [5.74, 6) is -0.443. The first-order valence-corrected chi connectivity index (χ1v) is 9.34. The molecule has 4 nitrogen and oxygen atoms in total. The van der Waals surface area contributed by atoms with Gasteiger partial charge in [-0.3, -0.25) is 4.79 Å². The average molecular weight is 382 g/mol. The number of nitriles is 1. The minimum atomic E-state index is -0.443. The SMILES string of the molecule is CCc1cccc(CC)c1NC(=O)/C(C#N)=C\Nc1c(C)cc(C)cc1Cl. The maximum Gasteiger partial charge on any atom is 0.267 e. The Balaban J connectivity index is 2.28. The Morgan fingerprint density at radius 3 is 2.30 bits per heavy atom. The normalized spacial score (nSPS) is 11.0. The molecule has 0 aliphatic carbocycles. The van der Waals surface area contributed by atoms with Gasteiger partial charge in [-0.05, 0) is 55.0 Å². The first-order valence-electron chi connectivity index (χ1n) is 8.96. The second kappa shape index (κ2) is 9.25. The van der Waals surface area contributed by atoms with Crippen LogP contribution >= 0.6 is 11.6 Å². The Hall–Kier alpha value is -2.77. The van der Waals surface area contributed by atoms with E-state index in [0.29, 0.717) is 10.7 Å². The first kappa shape index (κ1) is 20.5. The predicted molar refractivity (Wildman–Crippen MR) is 112 cm³/mol. The molecular formula is C22H24ClN3O. The Labute approximate surface area is 165 Å². The third-order valence-corrected chi connectivity index (χ3v) is 4.69. The van der Waals surface area contributed by atoms with Crippen LogP contribution < -0.4 is 10.6 Å². The lowest BCUT2D eigenvalue weighted by Gasteiger charge is -2.14. The van der Waals surface area contributed by atoms with Crippen LogP contribution in [0.3, 0.4) is 0 Å². The van der Waals surface area contributed by atoms with Crippen LogP contribution in [0.25, 0.3) is 0 Å². The number of carbonyl (C=O) groups excluding carboxylic acids is 1. The minimum absolute atomic E-state index is 0.0148. The van der Waals surface area contributed by atoms with Gasteiger partial charge in [0.25, 0.3) is 5.91 Å². The summed E-state index contributed by atoms with van der Waals surface area (Å²) >= 11 is 6.27. The molecule has 2 aromatic carbocycles. The lowest BCUT2D eigenvalue weighted by molar-refractivity contribution is -0.112. The molecule has 0 atom stereocenters. The number of anilines is 2. The molecule has 0 saturated heterocycles. The van der Waals surface area contributed by atoms with Crippen molar-refractivity contribution in [1.82, 2.24) is 0 Å². The quantitative estimate of drug-likeness (QED) is 0.510. The Bertz CT molecular complexity index is 880. The molecule has 0 spiro atoms. The summed E-state index contributed by atoms with van der Waals surface area (Å²) in [6, 6.07) is 11.7. The molecule has 0 radical (unpaired) electrons. The second-order valence-corrected chi connectivity index (χ2v) is 6.77. The molecular weight excluding hydrogens is 358 g/mol. The standard InChI is InChI=1S/C22H24ClN3O/c1-5-16-8-7-9-17(6-2)21(16)26-22(27)18(12-24)13-25-20-15(4)10-14(3)11-19(20)23/h7-11,13,25H,5-6H2,1-4H3,(H,26,27)/b18-13-. The zero-order valence-corrected chi connectivity index (χ0v) is 16.9. The van der Waals surface area contributed by atoms with E-state index < -0.39 is 5.91 Å². The molecule has 0 bridgehead atoms. The monoisotopic (exact) mass is 381 g/mol. The third-order valence-electron chi connectivity index (χ3n) is 4.40. The molecule has 140 valence electrons. The number of hydrogen-bond donors (Lipinski definition) is 2. The van der Waals surface area contributed by atoms with Gasteiger partial charge in [-0.1, -0.05) is 49.7 Å². The lowest BCUT2D eigenvalue weighted by atomic mass is 10.0. The van der Waals surface area contributed by atoms with Crippen molar-refractivity contribution in [3.63, 3.8) is 0 Å². The zero-order chi connectivity index (χ0) is 20.0. The van der Waals surface area contributed by atoms with E-state index in [1.54, 1.807) is 0 Å². The Kier molecular flexibility index (Phi) is 7.04. The summed E-state index contributed by atoms with van der Waals surface area (Å²) < 4.78 is 0. The molecule has 0 aliphatic rings. The van der Waals surface area contributed by atoms with Gasteiger partial charge in [0.2, 0.25) is 0 Å². The molecule has 0 heterocycles. The number of nitrogens with one attached hydrogen (secondary N) is 2. The van der Waals surface area contributed by atoms with Crippen LogP contribution in [0.5, 0.6) is 0 Å². The summed E-state index contributed by atoms with van der Waals surface area (Å²) in [5, 5.41) is 15.9. The van der Waals surface area contributed by atoms with Gasteiger partial charge in [0.05, 0.1) is 10.7 Å². The van der Waals surface area contributed by atoms with Crippen LogP contribution in [0.15, 0.2) is 42.1 Å². The molecule has 0 saturated carbocycles. The lowest BCUT2D eigenvalue weighted by Crippen LogP contribution is -2.17. The fourth-order valence-electron chi connectivity index (χ4n) is 2.98. The van der Waals surface area contributed by atoms with E-state index in [1.807, 2.05) is 64.1 Å². The first-order chi connectivity index (χ1) is 12.9. The van der Waals surface area contributed by atoms with E-state index in [1.165, 1.54) is 6.20 Å². The fourth-order valence-corrected chi connectivity index (χ4v) is 3.35. The topological polar surface area (TPSA) is 64.9 Å². The fraction of sp³-hybridized carbons (Fsp3) is 0.273. The van der Waals surface area contributed by atoms with Gasteiger partial charge in [0, 0.05) is 11.9 Å². The van der Waals surface area contributed by atoms with Crippen molar-refractivity contribution < 1.29 is 4.79 Å². The van der Waals surface area contributed by atoms with E-state index in [2.05, 4.69) is 10.6 Å². The van der Waals surface area contributed by atoms with Crippen molar-refractivity contribution in [2.24, 2.45) is 0 Å². The molecule has 0 unspecified atom stereocenters. The number of aryl methyl sites for hydroxylation is 4. The molecule has 1 amide bonds. The molecule has 5 heteroatoms. The largest absolute Gasteiger partial charge is 0.359 e. The Morgan fingerprint density at radius 2 is 1.78 bits per heavy atom. The van der Waals surface area contributed by atoms with Gasteiger partial charge in [0.1, 0.15) is 11.6 Å². The molecule has 0 aliphatic heterocycles. The van der Waals surface area contributed by atoms with Crippen LogP contribution in [0, 0.1) is 25.2 Å². The molecule has 0 fully saturated rings. The number of para-hydroxylation sites is 1. The number of hydrogen-bond acceptors (Lipinski definition) is 3. The minimum Gasteiger partial charge on any atom is -0.359 e. The van der Waals surface area contributed by atoms with Gasteiger partial charge in [-0.15, -0.1) is 0 Å². The highest BCUT2D eigenvalue weighted by Gasteiger charge is 2.14. The number of rotatable bonds is 6. The van der Waals surface area contributed by atoms with Crippen molar-refractivity contribution in [2.75, 3.05) is 10.6 Å². The Morgan fingerprint density at radius 1 is 1.15 bits per heavy atom. The molecule has 2 rings (SSSR count). The van der Waals surface area contributed by atoms with Gasteiger partial charge >= 0.3 is 0 Å². The highest BCUT2D eigenvalue weighted by Crippen LogP contribution is 2.28. The molecule has 27 heavy (non-hydrogen) atoms. The van der Waals surface area contributed by atoms with Gasteiger partial charge < -0.3 is 10.6 Å². The van der Waals surface area contributed by atoms with E-state index in [0.717, 1.165) is 40.8 Å². The van der Waals surface area contributed by atoms with Gasteiger partial charge in [-0.2, -0.15) is 5.26 Å². The molecule has 2 aromatic rings. The van der Waals surface area contributed by atoms with Crippen LogP contribution in [0.2, 0.25) is 5.02 Å². The number of halogens is 1. The summed E-state index contributed by atoms with van der Waals surface area (Å²) in [5.41, 5.74) is 5.55. The van der Waals surface area contributed by atoms with Crippen LogP contribution in [0.4, 0.5) is 11.4 Å². The highest BCUT2D eigenvalue weighted by molar-refractivity contribution is 6.33. The van der Waals surface area contributed by atoms with E-state index in [-0.39, 0.29) is 5.57 Å². The van der Waals surface area contributed by atoms with Crippen molar-refractivity contribution in [3.8, 4) is 6.07 Å². The van der Waals surface area contributed by atoms with E-state index in [9.17, 15) is 10.1 Å². The average Bonchev–Trinajstić information content (AvgIpc) is 2.63. The zero-order valence-electron chi connectivity index (χ0n) is 16.1. The second-order valence-electron chi connectivity index (χ2n) is 6.37.